The predicted molar refractivity (Wildman–Crippen MR) is 77.6 cm³/mol. The molecular weight excluding hydrogens is 293 g/mol. The van der Waals surface area contributed by atoms with Crippen LogP contribution < -0.4 is 5.32 Å². The van der Waals surface area contributed by atoms with Gasteiger partial charge in [0.2, 0.25) is 5.91 Å². The molecule has 2 aromatic rings. The smallest absolute Gasteiger partial charge is 0.303 e. The Bertz CT molecular complexity index is 610. The normalized spacial score (nSPS) is 11.9. The molecule has 110 valence electrons. The van der Waals surface area contributed by atoms with E-state index < -0.39 is 12.0 Å². The first-order chi connectivity index (χ1) is 10.1. The second kappa shape index (κ2) is 6.99. The van der Waals surface area contributed by atoms with Crippen molar-refractivity contribution in [1.29, 1.82) is 0 Å². The van der Waals surface area contributed by atoms with Crippen molar-refractivity contribution in [3.05, 3.63) is 58.0 Å². The SMILES string of the molecule is O=C(O)CCC(=O)NC(c1ccc(F)cc1)c1cccs1. The van der Waals surface area contributed by atoms with Crippen molar-refractivity contribution in [3.63, 3.8) is 0 Å². The summed E-state index contributed by atoms with van der Waals surface area (Å²) in [6.45, 7) is 0. The van der Waals surface area contributed by atoms with E-state index in [4.69, 9.17) is 5.11 Å². The van der Waals surface area contributed by atoms with Crippen LogP contribution in [-0.2, 0) is 9.59 Å². The number of carbonyl (C=O) groups excluding carboxylic acids is 1. The lowest BCUT2D eigenvalue weighted by molar-refractivity contribution is -0.138. The number of halogens is 1. The van der Waals surface area contributed by atoms with Gasteiger partial charge < -0.3 is 10.4 Å². The summed E-state index contributed by atoms with van der Waals surface area (Å²) < 4.78 is 13.0. The summed E-state index contributed by atoms with van der Waals surface area (Å²) in [5.74, 6) is -1.71. The summed E-state index contributed by atoms with van der Waals surface area (Å²) in [7, 11) is 0. The highest BCUT2D eigenvalue weighted by molar-refractivity contribution is 7.10. The number of aliphatic carboxylic acids is 1. The minimum atomic E-state index is -1.01. The van der Waals surface area contributed by atoms with Gasteiger partial charge in [-0.05, 0) is 29.1 Å². The maximum Gasteiger partial charge on any atom is 0.303 e. The summed E-state index contributed by atoms with van der Waals surface area (Å²) >= 11 is 1.47. The topological polar surface area (TPSA) is 66.4 Å². The number of benzene rings is 1. The molecule has 1 aromatic carbocycles. The Morgan fingerprint density at radius 2 is 1.90 bits per heavy atom. The van der Waals surface area contributed by atoms with Crippen molar-refractivity contribution in [2.45, 2.75) is 18.9 Å². The maximum atomic E-state index is 13.0. The lowest BCUT2D eigenvalue weighted by atomic mass is 10.0. The molecule has 0 bridgehead atoms. The Balaban J connectivity index is 2.15. The number of amides is 1. The molecule has 21 heavy (non-hydrogen) atoms. The molecule has 1 atom stereocenters. The summed E-state index contributed by atoms with van der Waals surface area (Å²) in [6, 6.07) is 9.22. The Morgan fingerprint density at radius 1 is 1.19 bits per heavy atom. The molecule has 2 N–H and O–H groups in total. The fourth-order valence-electron chi connectivity index (χ4n) is 1.88. The Labute approximate surface area is 125 Å². The summed E-state index contributed by atoms with van der Waals surface area (Å²) in [6.07, 6.45) is -0.301. The number of nitrogens with one attached hydrogen (secondary N) is 1. The van der Waals surface area contributed by atoms with Gasteiger partial charge in [-0.1, -0.05) is 18.2 Å². The van der Waals surface area contributed by atoms with Crippen LogP contribution in [0, 0.1) is 5.82 Å². The van der Waals surface area contributed by atoms with E-state index in [9.17, 15) is 14.0 Å². The van der Waals surface area contributed by atoms with Crippen LogP contribution in [0.1, 0.15) is 29.3 Å². The Hall–Kier alpha value is -2.21. The second-order valence-electron chi connectivity index (χ2n) is 4.46. The largest absolute Gasteiger partial charge is 0.481 e. The van der Waals surface area contributed by atoms with E-state index >= 15 is 0 Å². The van der Waals surface area contributed by atoms with Crippen LogP contribution >= 0.6 is 11.3 Å². The average Bonchev–Trinajstić information content (AvgIpc) is 2.97. The van der Waals surface area contributed by atoms with Crippen molar-refractivity contribution in [2.24, 2.45) is 0 Å². The van der Waals surface area contributed by atoms with E-state index in [0.717, 1.165) is 10.4 Å². The van der Waals surface area contributed by atoms with Gasteiger partial charge in [-0.3, -0.25) is 9.59 Å². The molecule has 1 aromatic heterocycles. The molecule has 0 aliphatic carbocycles. The molecule has 0 radical (unpaired) electrons. The fourth-order valence-corrected chi connectivity index (χ4v) is 2.69. The quantitative estimate of drug-likeness (QED) is 0.862. The Morgan fingerprint density at radius 3 is 2.48 bits per heavy atom. The van der Waals surface area contributed by atoms with E-state index in [-0.39, 0.29) is 24.6 Å². The molecule has 0 saturated heterocycles. The average molecular weight is 307 g/mol. The highest BCUT2D eigenvalue weighted by atomic mass is 32.1. The van der Waals surface area contributed by atoms with Crippen LogP contribution in [0.3, 0.4) is 0 Å². The van der Waals surface area contributed by atoms with Crippen LogP contribution in [0.25, 0.3) is 0 Å². The highest BCUT2D eigenvalue weighted by Gasteiger charge is 2.18. The fraction of sp³-hybridized carbons (Fsp3) is 0.200. The summed E-state index contributed by atoms with van der Waals surface area (Å²) in [4.78, 5) is 23.3. The monoisotopic (exact) mass is 307 g/mol. The second-order valence-corrected chi connectivity index (χ2v) is 5.44. The van der Waals surface area contributed by atoms with E-state index in [1.165, 1.54) is 23.5 Å². The van der Waals surface area contributed by atoms with Gasteiger partial charge in [0.25, 0.3) is 0 Å². The van der Waals surface area contributed by atoms with E-state index in [2.05, 4.69) is 5.32 Å². The first-order valence-corrected chi connectivity index (χ1v) is 7.24. The number of hydrogen-bond donors (Lipinski definition) is 2. The third-order valence-electron chi connectivity index (χ3n) is 2.90. The Kier molecular flexibility index (Phi) is 5.05. The van der Waals surface area contributed by atoms with Gasteiger partial charge in [-0.15, -0.1) is 11.3 Å². The number of carboxylic acid groups (broad SMARTS) is 1. The summed E-state index contributed by atoms with van der Waals surface area (Å²) in [5, 5.41) is 13.3. The summed E-state index contributed by atoms with van der Waals surface area (Å²) in [5.41, 5.74) is 0.752. The molecule has 0 fully saturated rings. The molecule has 0 saturated carbocycles. The van der Waals surface area contributed by atoms with E-state index in [1.54, 1.807) is 12.1 Å². The molecule has 6 heteroatoms. The lowest BCUT2D eigenvalue weighted by Crippen LogP contribution is -2.29. The van der Waals surface area contributed by atoms with Crippen LogP contribution in [0.4, 0.5) is 4.39 Å². The lowest BCUT2D eigenvalue weighted by Gasteiger charge is -2.18. The van der Waals surface area contributed by atoms with Gasteiger partial charge in [0.15, 0.2) is 0 Å². The zero-order valence-corrected chi connectivity index (χ0v) is 11.9. The van der Waals surface area contributed by atoms with E-state index in [0.29, 0.717) is 0 Å². The van der Waals surface area contributed by atoms with Gasteiger partial charge >= 0.3 is 5.97 Å². The van der Waals surface area contributed by atoms with Gasteiger partial charge in [0.1, 0.15) is 5.82 Å². The molecule has 1 heterocycles. The van der Waals surface area contributed by atoms with E-state index in [1.807, 2.05) is 17.5 Å². The maximum absolute atomic E-state index is 13.0. The molecule has 4 nitrogen and oxygen atoms in total. The highest BCUT2D eigenvalue weighted by Crippen LogP contribution is 2.26. The molecule has 0 aliphatic rings. The molecule has 1 unspecified atom stereocenters. The number of carboxylic acids is 1. The molecule has 0 spiro atoms. The minimum Gasteiger partial charge on any atom is -0.481 e. The van der Waals surface area contributed by atoms with Crippen molar-refractivity contribution in [3.8, 4) is 0 Å². The molecule has 2 rings (SSSR count). The van der Waals surface area contributed by atoms with Crippen molar-refractivity contribution in [2.75, 3.05) is 0 Å². The number of carbonyl (C=O) groups is 2. The van der Waals surface area contributed by atoms with Crippen molar-refractivity contribution in [1.82, 2.24) is 5.32 Å². The van der Waals surface area contributed by atoms with Crippen LogP contribution in [0.2, 0.25) is 0 Å². The third-order valence-corrected chi connectivity index (χ3v) is 3.84. The van der Waals surface area contributed by atoms with Crippen LogP contribution in [-0.4, -0.2) is 17.0 Å². The van der Waals surface area contributed by atoms with Crippen LogP contribution in [0.5, 0.6) is 0 Å². The molecular formula is C15H14FNO3S. The zero-order valence-electron chi connectivity index (χ0n) is 11.1. The van der Waals surface area contributed by atoms with Gasteiger partial charge in [0.05, 0.1) is 12.5 Å². The van der Waals surface area contributed by atoms with Crippen molar-refractivity contribution >= 4 is 23.2 Å². The zero-order chi connectivity index (χ0) is 15.2. The standard InChI is InChI=1S/C15H14FNO3S/c16-11-5-3-10(4-6-11)15(12-2-1-9-21-12)17-13(18)7-8-14(19)20/h1-6,9,15H,7-8H2,(H,17,18)(H,19,20). The number of hydrogen-bond acceptors (Lipinski definition) is 3. The predicted octanol–water partition coefficient (Wildman–Crippen LogP) is 2.96. The van der Waals surface area contributed by atoms with Gasteiger partial charge in [0, 0.05) is 11.3 Å². The van der Waals surface area contributed by atoms with Crippen LogP contribution in [0.15, 0.2) is 41.8 Å². The first kappa shape index (κ1) is 15.2. The molecule has 0 aliphatic heterocycles. The number of rotatable bonds is 6. The number of thiophene rings is 1. The first-order valence-electron chi connectivity index (χ1n) is 6.36. The van der Waals surface area contributed by atoms with Crippen molar-refractivity contribution < 1.29 is 19.1 Å². The van der Waals surface area contributed by atoms with Gasteiger partial charge in [-0.2, -0.15) is 0 Å². The van der Waals surface area contributed by atoms with Gasteiger partial charge in [-0.25, -0.2) is 4.39 Å². The minimum absolute atomic E-state index is 0.0849. The molecule has 1 amide bonds. The third kappa shape index (κ3) is 4.39.